The molecule has 0 bridgehead atoms. The lowest BCUT2D eigenvalue weighted by Crippen LogP contribution is -2.44. The molecule has 0 saturated carbocycles. The predicted molar refractivity (Wildman–Crippen MR) is 50.9 cm³/mol. The molecule has 0 aliphatic carbocycles. The number of rotatable bonds is 1. The fourth-order valence-electron chi connectivity index (χ4n) is 2.43. The van der Waals surface area contributed by atoms with Crippen molar-refractivity contribution in [3.63, 3.8) is 0 Å². The van der Waals surface area contributed by atoms with Crippen molar-refractivity contribution in [2.75, 3.05) is 26.9 Å². The van der Waals surface area contributed by atoms with Gasteiger partial charge in [-0.2, -0.15) is 0 Å². The molecule has 2 rings (SSSR count). The summed E-state index contributed by atoms with van der Waals surface area (Å²) in [7, 11) is 1.46. The molecule has 0 aromatic carbocycles. The fourth-order valence-corrected chi connectivity index (χ4v) is 2.43. The molecule has 1 unspecified atom stereocenters. The second-order valence-electron chi connectivity index (χ2n) is 4.20. The molecule has 2 heterocycles. The number of ether oxygens (including phenoxy) is 2. The summed E-state index contributed by atoms with van der Waals surface area (Å²) in [6.07, 6.45) is 2.93. The normalized spacial score (nSPS) is 30.5. The molecule has 80 valence electrons. The molecule has 0 aromatic heterocycles. The lowest BCUT2D eigenvalue weighted by Gasteiger charge is -2.33. The molecule has 1 spiro atoms. The van der Waals surface area contributed by atoms with E-state index < -0.39 is 0 Å². The predicted octanol–water partition coefficient (Wildman–Crippen LogP) is 0.318. The third kappa shape index (κ3) is 1.77. The van der Waals surface area contributed by atoms with Crippen LogP contribution < -0.4 is 5.32 Å². The van der Waals surface area contributed by atoms with E-state index in [1.165, 1.54) is 7.11 Å². The molecule has 1 N–H and O–H groups in total. The van der Waals surface area contributed by atoms with E-state index in [0.29, 0.717) is 0 Å². The topological polar surface area (TPSA) is 47.6 Å². The standard InChI is InChI=1S/C10H17NO3/c1-13-9(12)8-6-10(11-7-8)2-4-14-5-3-10/h8,11H,2-7H2,1H3. The fraction of sp³-hybridized carbons (Fsp3) is 0.900. The van der Waals surface area contributed by atoms with Crippen LogP contribution in [0.15, 0.2) is 0 Å². The van der Waals surface area contributed by atoms with Crippen molar-refractivity contribution < 1.29 is 14.3 Å². The highest BCUT2D eigenvalue weighted by molar-refractivity contribution is 5.73. The van der Waals surface area contributed by atoms with Gasteiger partial charge in [0.25, 0.3) is 0 Å². The first-order valence-corrected chi connectivity index (χ1v) is 5.16. The average Bonchev–Trinajstić information content (AvgIpc) is 2.62. The van der Waals surface area contributed by atoms with Crippen LogP contribution in [-0.4, -0.2) is 38.4 Å². The van der Waals surface area contributed by atoms with E-state index in [9.17, 15) is 4.79 Å². The highest BCUT2D eigenvalue weighted by Crippen LogP contribution is 2.33. The van der Waals surface area contributed by atoms with Crippen molar-refractivity contribution in [3.05, 3.63) is 0 Å². The molecule has 0 radical (unpaired) electrons. The molecular formula is C10H17NO3. The second kappa shape index (κ2) is 3.87. The maximum absolute atomic E-state index is 11.3. The molecule has 4 nitrogen and oxygen atoms in total. The first-order chi connectivity index (χ1) is 6.76. The van der Waals surface area contributed by atoms with Gasteiger partial charge >= 0.3 is 5.97 Å². The van der Waals surface area contributed by atoms with Crippen molar-refractivity contribution in [3.8, 4) is 0 Å². The molecule has 2 saturated heterocycles. The third-order valence-corrected chi connectivity index (χ3v) is 3.35. The Morgan fingerprint density at radius 2 is 2.21 bits per heavy atom. The molecule has 2 aliphatic rings. The molecule has 2 aliphatic heterocycles. The van der Waals surface area contributed by atoms with E-state index in [0.717, 1.165) is 39.0 Å². The first-order valence-electron chi connectivity index (χ1n) is 5.16. The Hall–Kier alpha value is -0.610. The van der Waals surface area contributed by atoms with Crippen molar-refractivity contribution in [2.24, 2.45) is 5.92 Å². The van der Waals surface area contributed by atoms with Crippen LogP contribution in [0.25, 0.3) is 0 Å². The monoisotopic (exact) mass is 199 g/mol. The van der Waals surface area contributed by atoms with Gasteiger partial charge in [0.15, 0.2) is 0 Å². The number of carbonyl (C=O) groups is 1. The summed E-state index contributed by atoms with van der Waals surface area (Å²) in [5.41, 5.74) is 0.150. The Balaban J connectivity index is 1.95. The van der Waals surface area contributed by atoms with Gasteiger partial charge in [0, 0.05) is 25.3 Å². The van der Waals surface area contributed by atoms with Gasteiger partial charge in [-0.05, 0) is 19.3 Å². The Morgan fingerprint density at radius 1 is 1.50 bits per heavy atom. The van der Waals surface area contributed by atoms with Gasteiger partial charge < -0.3 is 14.8 Å². The number of hydrogen-bond acceptors (Lipinski definition) is 4. The molecule has 0 amide bonds. The van der Waals surface area contributed by atoms with Crippen LogP contribution in [0.1, 0.15) is 19.3 Å². The number of esters is 1. The number of nitrogens with one attached hydrogen (secondary N) is 1. The minimum absolute atomic E-state index is 0.0399. The zero-order valence-electron chi connectivity index (χ0n) is 8.54. The summed E-state index contributed by atoms with van der Waals surface area (Å²) >= 11 is 0. The maximum atomic E-state index is 11.3. The van der Waals surface area contributed by atoms with Gasteiger partial charge in [0.1, 0.15) is 0 Å². The molecule has 0 aromatic rings. The molecule has 2 fully saturated rings. The smallest absolute Gasteiger partial charge is 0.310 e. The van der Waals surface area contributed by atoms with Crippen molar-refractivity contribution in [1.29, 1.82) is 0 Å². The van der Waals surface area contributed by atoms with Gasteiger partial charge in [-0.3, -0.25) is 4.79 Å². The summed E-state index contributed by atoms with van der Waals surface area (Å²) in [6, 6.07) is 0. The largest absolute Gasteiger partial charge is 0.469 e. The summed E-state index contributed by atoms with van der Waals surface area (Å²) in [5.74, 6) is -0.0426. The lowest BCUT2D eigenvalue weighted by molar-refractivity contribution is -0.145. The summed E-state index contributed by atoms with van der Waals surface area (Å²) < 4.78 is 10.1. The van der Waals surface area contributed by atoms with Gasteiger partial charge in [-0.15, -0.1) is 0 Å². The van der Waals surface area contributed by atoms with Crippen LogP contribution >= 0.6 is 0 Å². The van der Waals surface area contributed by atoms with E-state index in [-0.39, 0.29) is 17.4 Å². The molecule has 4 heteroatoms. The van der Waals surface area contributed by atoms with E-state index >= 15 is 0 Å². The van der Waals surface area contributed by atoms with Crippen LogP contribution in [0.4, 0.5) is 0 Å². The number of hydrogen-bond donors (Lipinski definition) is 1. The Morgan fingerprint density at radius 3 is 2.86 bits per heavy atom. The maximum Gasteiger partial charge on any atom is 0.310 e. The van der Waals surface area contributed by atoms with Gasteiger partial charge in [0.05, 0.1) is 13.0 Å². The zero-order valence-corrected chi connectivity index (χ0v) is 8.54. The van der Waals surface area contributed by atoms with E-state index in [1.54, 1.807) is 0 Å². The highest BCUT2D eigenvalue weighted by atomic mass is 16.5. The number of methoxy groups -OCH3 is 1. The van der Waals surface area contributed by atoms with Gasteiger partial charge in [-0.25, -0.2) is 0 Å². The van der Waals surface area contributed by atoms with Crippen LogP contribution in [0.5, 0.6) is 0 Å². The average molecular weight is 199 g/mol. The summed E-state index contributed by atoms with van der Waals surface area (Å²) in [4.78, 5) is 11.3. The molecule has 14 heavy (non-hydrogen) atoms. The first kappa shape index (κ1) is 9.93. The Labute approximate surface area is 84.0 Å². The lowest BCUT2D eigenvalue weighted by atomic mass is 9.86. The van der Waals surface area contributed by atoms with Crippen LogP contribution in [0.2, 0.25) is 0 Å². The molecular weight excluding hydrogens is 182 g/mol. The van der Waals surface area contributed by atoms with Gasteiger partial charge in [0.2, 0.25) is 0 Å². The number of carbonyl (C=O) groups excluding carboxylic acids is 1. The minimum atomic E-state index is -0.0825. The third-order valence-electron chi connectivity index (χ3n) is 3.35. The summed E-state index contributed by atoms with van der Waals surface area (Å²) in [6.45, 7) is 2.37. The highest BCUT2D eigenvalue weighted by Gasteiger charge is 2.42. The van der Waals surface area contributed by atoms with E-state index in [2.05, 4.69) is 5.32 Å². The van der Waals surface area contributed by atoms with E-state index in [4.69, 9.17) is 9.47 Å². The van der Waals surface area contributed by atoms with Crippen molar-refractivity contribution in [2.45, 2.75) is 24.8 Å². The Bertz CT molecular complexity index is 223. The van der Waals surface area contributed by atoms with Crippen LogP contribution in [-0.2, 0) is 14.3 Å². The van der Waals surface area contributed by atoms with Crippen molar-refractivity contribution >= 4 is 5.97 Å². The minimum Gasteiger partial charge on any atom is -0.469 e. The van der Waals surface area contributed by atoms with Gasteiger partial charge in [-0.1, -0.05) is 0 Å². The zero-order chi connectivity index (χ0) is 10.0. The quantitative estimate of drug-likeness (QED) is 0.618. The van der Waals surface area contributed by atoms with Crippen LogP contribution in [0.3, 0.4) is 0 Å². The second-order valence-corrected chi connectivity index (χ2v) is 4.20. The molecule has 1 atom stereocenters. The Kier molecular flexibility index (Phi) is 2.74. The van der Waals surface area contributed by atoms with Crippen LogP contribution in [0, 0.1) is 5.92 Å². The summed E-state index contributed by atoms with van der Waals surface area (Å²) in [5, 5.41) is 3.46. The van der Waals surface area contributed by atoms with Crippen molar-refractivity contribution in [1.82, 2.24) is 5.32 Å². The van der Waals surface area contributed by atoms with E-state index in [1.807, 2.05) is 0 Å². The SMILES string of the molecule is COC(=O)C1CNC2(CCOCC2)C1.